The highest BCUT2D eigenvalue weighted by atomic mass is 32.2. The van der Waals surface area contributed by atoms with Crippen LogP contribution in [-0.2, 0) is 122 Å². The lowest BCUT2D eigenvalue weighted by molar-refractivity contribution is -0.164. The number of alkyl carbamates (subject to hydrolysis) is 3. The molecule has 11 N–H and O–H groups in total. The van der Waals surface area contributed by atoms with Crippen LogP contribution in [0.4, 0.5) is 32.3 Å². The highest BCUT2D eigenvalue weighted by Gasteiger charge is 2.60. The molecule has 0 aromatic heterocycles. The molecule has 11 rings (SSSR count). The fourth-order valence-corrected chi connectivity index (χ4v) is 13.6. The van der Waals surface area contributed by atoms with Crippen molar-refractivity contribution in [1.29, 1.82) is 0 Å². The molecular weight excluding hydrogens is 1600 g/mol. The zero-order chi connectivity index (χ0) is 89.4. The number of benzene rings is 4. The van der Waals surface area contributed by atoms with Crippen LogP contribution in [0.15, 0.2) is 121 Å². The quantitative estimate of drug-likeness (QED) is 0.00928. The lowest BCUT2D eigenvalue weighted by Gasteiger charge is -2.45. The van der Waals surface area contributed by atoms with Gasteiger partial charge in [0.1, 0.15) is 50.0 Å². The molecule has 4 aromatic rings. The molecule has 37 heteroatoms. The molecule has 120 heavy (non-hydrogen) atoms. The number of aliphatic hydroxyl groups is 1. The van der Waals surface area contributed by atoms with Crippen molar-refractivity contribution in [3.63, 3.8) is 0 Å². The molecule has 6 amide bonds. The zero-order valence-electron chi connectivity index (χ0n) is 70.0. The normalized spacial score (nSPS) is 26.1. The van der Waals surface area contributed by atoms with E-state index in [1.54, 1.807) is 83.1 Å². The molecule has 7 aliphatic rings. The summed E-state index contributed by atoms with van der Waals surface area (Å²) in [5.74, 6) is -3.37. The minimum atomic E-state index is -5.80. The molecule has 0 bridgehead atoms. The summed E-state index contributed by atoms with van der Waals surface area (Å²) in [6.07, 6.45) is -1.31. The van der Waals surface area contributed by atoms with Gasteiger partial charge < -0.3 is 95.1 Å². The summed E-state index contributed by atoms with van der Waals surface area (Å²) in [4.78, 5) is 117. The first-order valence-corrected chi connectivity index (χ1v) is 40.8. The Kier molecular flexibility index (Phi) is 35.3. The van der Waals surface area contributed by atoms with Crippen LogP contribution in [0.2, 0.25) is 0 Å². The van der Waals surface area contributed by atoms with Gasteiger partial charge in [0.25, 0.3) is 5.91 Å². The van der Waals surface area contributed by atoms with Crippen LogP contribution < -0.4 is 38.1 Å². The Morgan fingerprint density at radius 1 is 0.433 bits per heavy atom. The second-order valence-corrected chi connectivity index (χ2v) is 34.6. The van der Waals surface area contributed by atoms with E-state index in [1.165, 1.54) is 6.92 Å². The number of ether oxygens (including phenoxy) is 11. The number of carbonyl (C=O) groups is 10. The van der Waals surface area contributed by atoms with Gasteiger partial charge in [-0.05, 0) is 112 Å². The molecule has 0 atom stereocenters. The van der Waals surface area contributed by atoms with E-state index in [0.717, 1.165) is 22.3 Å². The maximum Gasteiger partial charge on any atom is 0.523 e. The lowest BCUT2D eigenvalue weighted by Crippen LogP contribution is -2.66. The molecule has 0 radical (unpaired) electrons. The summed E-state index contributed by atoms with van der Waals surface area (Å²) in [5.41, 5.74) is 1.71. The Bertz CT molecular complexity index is 4150. The number of hydrogen-bond acceptors (Lipinski definition) is 27. The van der Waals surface area contributed by atoms with Gasteiger partial charge in [-0.3, -0.25) is 23.9 Å². The first-order chi connectivity index (χ1) is 56.0. The molecule has 1 spiro atoms. The molecule has 4 aromatic carbocycles. The van der Waals surface area contributed by atoms with Crippen molar-refractivity contribution in [2.24, 2.45) is 11.5 Å². The van der Waals surface area contributed by atoms with Crippen LogP contribution in [-0.4, -0.2) is 197 Å². The second-order valence-electron chi connectivity index (χ2n) is 33.0. The Morgan fingerprint density at radius 2 is 0.708 bits per heavy atom. The maximum atomic E-state index is 12.3. The van der Waals surface area contributed by atoms with Gasteiger partial charge >= 0.3 is 69.8 Å². The van der Waals surface area contributed by atoms with E-state index in [4.69, 9.17) is 68.7 Å². The Balaban J connectivity index is 0.000000225. The minimum absolute atomic E-state index is 0.0266. The molecule has 33 nitrogen and oxygen atoms in total. The monoisotopic (exact) mass is 1720 g/mol. The van der Waals surface area contributed by atoms with Gasteiger partial charge in [0.15, 0.2) is 0 Å². The Labute approximate surface area is 696 Å². The summed E-state index contributed by atoms with van der Waals surface area (Å²) in [5, 5.41) is 30.5. The van der Waals surface area contributed by atoms with Crippen LogP contribution in [0.3, 0.4) is 0 Å². The number of nitrogens with one attached hydrogen (secondary N) is 5. The zero-order valence-corrected chi connectivity index (χ0v) is 70.9. The van der Waals surface area contributed by atoms with Crippen LogP contribution in [0.25, 0.3) is 0 Å². The third-order valence-corrected chi connectivity index (χ3v) is 20.3. The number of carboxylic acid groups (broad SMARTS) is 1. The van der Waals surface area contributed by atoms with Gasteiger partial charge in [-0.15, -0.1) is 0 Å². The number of aliphatic hydroxyl groups excluding tert-OH is 1. The highest BCUT2D eigenvalue weighted by molar-refractivity contribution is 7.87. The molecule has 0 unspecified atom stereocenters. The van der Waals surface area contributed by atoms with E-state index in [9.17, 15) is 74.6 Å². The number of rotatable bonds is 26. The third kappa shape index (κ3) is 30.2. The number of imide groups is 1. The topological polar surface area (TPSA) is 468 Å². The third-order valence-electron chi connectivity index (χ3n) is 19.2. The second kappa shape index (κ2) is 42.8. The number of carbonyl (C=O) groups excluding carboxylic acids is 9. The number of amides is 6. The lowest BCUT2D eigenvalue weighted by atomic mass is 9.74. The predicted molar refractivity (Wildman–Crippen MR) is 425 cm³/mol. The average molecular weight is 1720 g/mol. The maximum absolute atomic E-state index is 12.3. The molecule has 7 fully saturated rings. The van der Waals surface area contributed by atoms with Crippen molar-refractivity contribution in [3.05, 3.63) is 144 Å². The van der Waals surface area contributed by atoms with Crippen molar-refractivity contribution in [2.45, 2.75) is 286 Å². The number of carboxylic acids is 1. The molecule has 6 saturated carbocycles. The van der Waals surface area contributed by atoms with E-state index >= 15 is 0 Å². The van der Waals surface area contributed by atoms with E-state index in [1.807, 2.05) is 121 Å². The summed E-state index contributed by atoms with van der Waals surface area (Å²) in [6.45, 7) is 24.9. The van der Waals surface area contributed by atoms with Crippen LogP contribution in [0.1, 0.15) is 189 Å². The number of esters is 4. The van der Waals surface area contributed by atoms with Crippen LogP contribution >= 0.6 is 0 Å². The standard InChI is InChI=1S/C19H27NO5.C14H19NO3.C13H20F3NO7S.C13H14N2O3.C12H21NO5.C12H15NO3/c1-5-23-16(21)19(20-17(22)25-18(2,3)4)11-15(12-19)24-13-14-9-7-6-8-10-14;1-2-17-13(16)14(15)8-12(9-14)18-10-11-6-4-3-5-7-11;1-5-22-9(18)12(17-10(19)23-11(2,3)4)6-8(7-12)24-25(20,21)13(14,15)16;16-11-13(15-12(17)14-11)6-10(7-13)18-8-9-4-2-1-3-5-9;1-5-17-9(15)12(6-8(14)7-12)13-10(16)18-11(2,3)4;13-12(11(14)15)6-10(7-12)16-8-9-4-2-1-3-5-9/h6-10,15H,5,11-13H2,1-4H3,(H,20,22);3-7,12H,2,8-10,15H2,1H3;8H,5-7H2,1-4H3,(H,17,19);1-5,10H,6-8H2,(H2,14,15,16,17);8,14H,5-7H2,1-4H3,(H,13,16);1-5,10H,6-8,13H2,(H,14,15). The Hall–Kier alpha value is -9.60. The van der Waals surface area contributed by atoms with Gasteiger partial charge in [-0.25, -0.2) is 33.6 Å². The molecule has 666 valence electrons. The first-order valence-electron chi connectivity index (χ1n) is 39.4. The number of hydrogen-bond donors (Lipinski definition) is 9. The summed E-state index contributed by atoms with van der Waals surface area (Å²) < 4.78 is 121. The van der Waals surface area contributed by atoms with Crippen molar-refractivity contribution in [1.82, 2.24) is 26.6 Å². The first kappa shape index (κ1) is 99.2. The predicted octanol–water partition coefficient (Wildman–Crippen LogP) is 9.72. The smallest absolute Gasteiger partial charge is 0.480 e. The van der Waals surface area contributed by atoms with Crippen molar-refractivity contribution >= 4 is 70.2 Å². The van der Waals surface area contributed by atoms with Gasteiger partial charge in [0.05, 0.1) is 89.5 Å². The van der Waals surface area contributed by atoms with Crippen LogP contribution in [0.5, 0.6) is 0 Å². The van der Waals surface area contributed by atoms with E-state index in [-0.39, 0.29) is 69.0 Å². The van der Waals surface area contributed by atoms with Gasteiger partial charge in [-0.2, -0.15) is 21.6 Å². The van der Waals surface area contributed by atoms with Crippen molar-refractivity contribution in [3.8, 4) is 0 Å². The van der Waals surface area contributed by atoms with Gasteiger partial charge in [-0.1, -0.05) is 121 Å². The number of urea groups is 1. The van der Waals surface area contributed by atoms with E-state index in [0.29, 0.717) is 84.4 Å². The van der Waals surface area contributed by atoms with Crippen LogP contribution in [0, 0.1) is 0 Å². The number of halogens is 3. The van der Waals surface area contributed by atoms with E-state index < -0.39 is 139 Å². The largest absolute Gasteiger partial charge is 0.523 e. The summed E-state index contributed by atoms with van der Waals surface area (Å²) >= 11 is 0. The molecule has 1 aliphatic heterocycles. The fourth-order valence-electron chi connectivity index (χ4n) is 13.0. The molecule has 6 aliphatic carbocycles. The minimum Gasteiger partial charge on any atom is -0.480 e. The van der Waals surface area contributed by atoms with E-state index in [2.05, 4.69) is 30.8 Å². The molecule has 1 saturated heterocycles. The van der Waals surface area contributed by atoms with Gasteiger partial charge in [0, 0.05) is 77.0 Å². The highest BCUT2D eigenvalue weighted by Crippen LogP contribution is 2.42. The number of aliphatic carboxylic acids is 1. The summed E-state index contributed by atoms with van der Waals surface area (Å²) in [6, 6.07) is 39.0. The average Bonchev–Trinajstić information content (AvgIpc) is 1.40. The summed E-state index contributed by atoms with van der Waals surface area (Å²) in [7, 11) is -5.80. The fraction of sp³-hybridized carbons (Fsp3) is 0.590. The number of alkyl halides is 3. The van der Waals surface area contributed by atoms with Crippen molar-refractivity contribution < 1.29 is 136 Å². The SMILES string of the molecule is CCOC(=O)C1(N)CC(OCc2ccccc2)C1.CCOC(=O)C1(NC(=O)OC(C)(C)C)CC(O)C1.CCOC(=O)C1(NC(=O)OC(C)(C)C)CC(OCc2ccccc2)C1.CCOC(=O)C1(NC(=O)OC(C)(C)C)CC(OS(=O)(=O)C(F)(F)F)C1.NC1(C(=O)O)CC(OCc2ccccc2)C1.O=C1NC(=O)C2(CC(OCc3ccccc3)C2)N1. The van der Waals surface area contributed by atoms with Gasteiger partial charge in [0.2, 0.25) is 0 Å². The van der Waals surface area contributed by atoms with Crippen molar-refractivity contribution in [2.75, 3.05) is 26.4 Å². The number of nitrogens with two attached hydrogens (primary N) is 2. The molecular formula is C83H116F3N7O26S. The Morgan fingerprint density at radius 3 is 0.975 bits per heavy atom. The molecule has 1 heterocycles.